The Morgan fingerprint density at radius 2 is 1.77 bits per heavy atom. The number of para-hydroxylation sites is 1. The van der Waals surface area contributed by atoms with Gasteiger partial charge in [0.05, 0.1) is 32.5 Å². The smallest absolute Gasteiger partial charge is 0.280 e. The number of thioether (sulfide) groups is 1. The fraction of sp³-hybridized carbons (Fsp3) is 0.308. The first-order valence-corrected chi connectivity index (χ1v) is 12.3. The van der Waals surface area contributed by atoms with E-state index in [0.717, 1.165) is 17.1 Å². The summed E-state index contributed by atoms with van der Waals surface area (Å²) >= 11 is 1.63. The van der Waals surface area contributed by atoms with E-state index in [1.165, 1.54) is 11.6 Å². The summed E-state index contributed by atoms with van der Waals surface area (Å²) in [6, 6.07) is 16.6. The van der Waals surface area contributed by atoms with Crippen LogP contribution in [0, 0.1) is 0 Å². The molecule has 3 aromatic rings. The largest absolute Gasteiger partial charge is 0.494 e. The van der Waals surface area contributed by atoms with Gasteiger partial charge in [0.2, 0.25) is 5.78 Å². The number of hydrogen-bond acceptors (Lipinski definition) is 7. The van der Waals surface area contributed by atoms with Crippen LogP contribution in [0.5, 0.6) is 5.88 Å². The molecule has 9 heteroatoms. The number of hydrogen-bond donors (Lipinski definition) is 1. The predicted octanol–water partition coefficient (Wildman–Crippen LogP) is 5.03. The number of carbonyl (C=O) groups is 1. The van der Waals surface area contributed by atoms with Crippen LogP contribution in [0.1, 0.15) is 28.2 Å². The summed E-state index contributed by atoms with van der Waals surface area (Å²) in [5.41, 5.74) is 2.54. The number of fused-ring (bicyclic) bond motifs is 1. The first kappa shape index (κ1) is 24.7. The van der Waals surface area contributed by atoms with E-state index in [9.17, 15) is 14.7 Å². The molecule has 0 saturated carbocycles. The summed E-state index contributed by atoms with van der Waals surface area (Å²) in [5, 5.41) is 19.1. The van der Waals surface area contributed by atoms with Crippen LogP contribution in [0.3, 0.4) is 0 Å². The molecule has 0 amide bonds. The number of nitrogens with zero attached hydrogens (tertiary/aromatic N) is 5. The summed E-state index contributed by atoms with van der Waals surface area (Å²) in [5.74, 6) is -0.0357. The van der Waals surface area contributed by atoms with Gasteiger partial charge < -0.3 is 14.5 Å². The number of ketones is 1. The van der Waals surface area contributed by atoms with Crippen LogP contribution < -0.4 is 10.5 Å². The molecule has 2 aromatic carbocycles. The van der Waals surface area contributed by atoms with Crippen LogP contribution in [0.4, 0.5) is 17.1 Å². The first-order chi connectivity index (χ1) is 16.6. The summed E-state index contributed by atoms with van der Waals surface area (Å²) < 4.78 is 1.75. The van der Waals surface area contributed by atoms with Gasteiger partial charge in [-0.3, -0.25) is 14.2 Å². The number of aromatic hydroxyl groups is 1. The van der Waals surface area contributed by atoms with E-state index < -0.39 is 5.56 Å². The molecule has 8 nitrogen and oxygen atoms in total. The third kappa shape index (κ3) is 5.16. The predicted molar refractivity (Wildman–Crippen MR) is 139 cm³/mol. The van der Waals surface area contributed by atoms with E-state index in [0.29, 0.717) is 27.8 Å². The Morgan fingerprint density at radius 1 is 1.09 bits per heavy atom. The lowest BCUT2D eigenvalue weighted by Gasteiger charge is -2.26. The van der Waals surface area contributed by atoms with Crippen molar-refractivity contribution in [2.45, 2.75) is 17.2 Å². The van der Waals surface area contributed by atoms with Gasteiger partial charge in [0, 0.05) is 29.6 Å². The second kappa shape index (κ2) is 9.67. The lowest BCUT2D eigenvalue weighted by molar-refractivity contribution is -0.861. The Morgan fingerprint density at radius 3 is 2.43 bits per heavy atom. The number of aromatic nitrogens is 1. The van der Waals surface area contributed by atoms with Crippen molar-refractivity contribution in [2.75, 3.05) is 39.1 Å². The van der Waals surface area contributed by atoms with Gasteiger partial charge in [-0.15, -0.1) is 5.11 Å². The molecule has 1 N–H and O–H groups in total. The summed E-state index contributed by atoms with van der Waals surface area (Å²) in [4.78, 5) is 28.5. The van der Waals surface area contributed by atoms with Crippen molar-refractivity contribution < 1.29 is 14.4 Å². The molecule has 182 valence electrons. The maximum Gasteiger partial charge on any atom is 0.280 e. The van der Waals surface area contributed by atoms with Crippen LogP contribution in [0.15, 0.2) is 74.5 Å². The molecule has 0 spiro atoms. The third-order valence-corrected chi connectivity index (χ3v) is 7.11. The van der Waals surface area contributed by atoms with Crippen molar-refractivity contribution in [3.05, 3.63) is 76.1 Å². The van der Waals surface area contributed by atoms with Crippen LogP contribution >= 0.6 is 11.8 Å². The number of carbonyl (C=O) groups excluding carboxylic acids is 1. The van der Waals surface area contributed by atoms with Crippen molar-refractivity contribution in [1.82, 2.24) is 4.57 Å². The highest BCUT2D eigenvalue weighted by Crippen LogP contribution is 2.52. The Labute approximate surface area is 209 Å². The number of quaternary nitrogens is 1. The van der Waals surface area contributed by atoms with Crippen LogP contribution in [-0.4, -0.2) is 54.2 Å². The van der Waals surface area contributed by atoms with Gasteiger partial charge >= 0.3 is 0 Å². The Balaban J connectivity index is 1.62. The maximum absolute atomic E-state index is 12.8. The van der Waals surface area contributed by atoms with Crippen molar-refractivity contribution in [2.24, 2.45) is 17.3 Å². The summed E-state index contributed by atoms with van der Waals surface area (Å²) in [6.07, 6.45) is 0. The molecule has 4 rings (SSSR count). The number of benzene rings is 2. The SMILES string of the molecule is CCN1c2ccccc2SC1c1cc(N=Nc2ccc(C(=O)C[N+](C)(C)C)cc2)c(=O)n(C)c1O. The zero-order valence-corrected chi connectivity index (χ0v) is 21.4. The lowest BCUT2D eigenvalue weighted by Crippen LogP contribution is -2.39. The second-order valence-electron chi connectivity index (χ2n) is 9.52. The summed E-state index contributed by atoms with van der Waals surface area (Å²) in [6.45, 7) is 3.20. The first-order valence-electron chi connectivity index (χ1n) is 11.4. The third-order valence-electron chi connectivity index (χ3n) is 5.78. The zero-order chi connectivity index (χ0) is 25.3. The van der Waals surface area contributed by atoms with E-state index in [-0.39, 0.29) is 22.7 Å². The van der Waals surface area contributed by atoms with Crippen LogP contribution in [0.25, 0.3) is 0 Å². The molecule has 2 heterocycles. The van der Waals surface area contributed by atoms with Gasteiger partial charge in [-0.05, 0) is 49.4 Å². The molecule has 1 aliphatic heterocycles. The quantitative estimate of drug-likeness (QED) is 0.284. The maximum atomic E-state index is 12.8. The molecule has 1 aliphatic rings. The number of likely N-dealkylation sites (N-methyl/N-ethyl adjacent to an activating group) is 1. The molecule has 0 radical (unpaired) electrons. The average Bonchev–Trinajstić information content (AvgIpc) is 3.19. The highest BCUT2D eigenvalue weighted by atomic mass is 32.2. The number of Topliss-reactive ketones (excluding diaryl/α,β-unsaturated/α-hetero) is 1. The Hall–Kier alpha value is -3.43. The van der Waals surface area contributed by atoms with Crippen molar-refractivity contribution in [3.8, 4) is 5.88 Å². The standard InChI is InChI=1S/C26H29N5O3S/c1-6-30-21-9-7-8-10-23(21)35-26(30)19-15-20(25(34)29(2)24(19)33)28-27-18-13-11-17(12-14-18)22(32)16-31(3,4)5/h7-15,26H,6,16H2,1-5H3/p+1. The van der Waals surface area contributed by atoms with Gasteiger partial charge in [-0.1, -0.05) is 23.9 Å². The normalized spacial score (nSPS) is 15.6. The van der Waals surface area contributed by atoms with Crippen LogP contribution in [0.2, 0.25) is 0 Å². The fourth-order valence-electron chi connectivity index (χ4n) is 4.01. The number of pyridine rings is 1. The summed E-state index contributed by atoms with van der Waals surface area (Å²) in [7, 11) is 7.43. The molecule has 1 unspecified atom stereocenters. The highest BCUT2D eigenvalue weighted by Gasteiger charge is 2.33. The van der Waals surface area contributed by atoms with Gasteiger partial charge in [0.25, 0.3) is 5.56 Å². The highest BCUT2D eigenvalue weighted by molar-refractivity contribution is 8.00. The van der Waals surface area contributed by atoms with Gasteiger partial charge in [-0.25, -0.2) is 0 Å². The molecule has 0 bridgehead atoms. The monoisotopic (exact) mass is 492 g/mol. The topological polar surface area (TPSA) is 87.3 Å². The van der Waals surface area contributed by atoms with Crippen molar-refractivity contribution in [1.29, 1.82) is 0 Å². The van der Waals surface area contributed by atoms with Gasteiger partial charge in [0.1, 0.15) is 11.9 Å². The number of rotatable bonds is 7. The lowest BCUT2D eigenvalue weighted by atomic mass is 10.1. The average molecular weight is 493 g/mol. The molecule has 0 aliphatic carbocycles. The molecular weight excluding hydrogens is 462 g/mol. The molecule has 0 fully saturated rings. The Bertz CT molecular complexity index is 1340. The molecular formula is C26H30N5O3S+. The van der Waals surface area contributed by atoms with Crippen LogP contribution in [-0.2, 0) is 7.05 Å². The molecule has 35 heavy (non-hydrogen) atoms. The molecule has 0 saturated heterocycles. The minimum atomic E-state index is -0.437. The van der Waals surface area contributed by atoms with E-state index >= 15 is 0 Å². The number of anilines is 1. The van der Waals surface area contributed by atoms with Crippen molar-refractivity contribution in [3.63, 3.8) is 0 Å². The fourth-order valence-corrected chi connectivity index (χ4v) is 5.40. The molecule has 1 atom stereocenters. The van der Waals surface area contributed by atoms with E-state index in [2.05, 4.69) is 34.2 Å². The zero-order valence-electron chi connectivity index (χ0n) is 20.6. The Kier molecular flexibility index (Phi) is 6.82. The number of azo groups is 1. The van der Waals surface area contributed by atoms with Gasteiger partial charge in [-0.2, -0.15) is 5.11 Å². The second-order valence-corrected chi connectivity index (χ2v) is 10.6. The minimum Gasteiger partial charge on any atom is -0.494 e. The minimum absolute atomic E-state index is 0.0496. The van der Waals surface area contributed by atoms with E-state index in [1.807, 2.05) is 33.3 Å². The van der Waals surface area contributed by atoms with Gasteiger partial charge in [0.15, 0.2) is 11.6 Å². The van der Waals surface area contributed by atoms with E-state index in [4.69, 9.17) is 0 Å². The van der Waals surface area contributed by atoms with Crippen molar-refractivity contribution >= 4 is 34.6 Å². The molecule has 1 aromatic heterocycles. The van der Waals surface area contributed by atoms with E-state index in [1.54, 1.807) is 42.1 Å².